The van der Waals surface area contributed by atoms with Crippen LogP contribution in [0.2, 0.25) is 0 Å². The molecule has 1 rings (SSSR count). The van der Waals surface area contributed by atoms with Crippen molar-refractivity contribution in [3.05, 3.63) is 36.3 Å². The fraction of sp³-hybridized carbons (Fsp3) is 0.455. The second kappa shape index (κ2) is 4.87. The van der Waals surface area contributed by atoms with Gasteiger partial charge in [-0.15, -0.1) is 6.58 Å². The van der Waals surface area contributed by atoms with Gasteiger partial charge in [-0.2, -0.15) is 0 Å². The third-order valence-corrected chi connectivity index (χ3v) is 1.97. The van der Waals surface area contributed by atoms with Gasteiger partial charge in [0.1, 0.15) is 5.76 Å². The van der Waals surface area contributed by atoms with E-state index in [9.17, 15) is 0 Å². The minimum Gasteiger partial charge on any atom is -0.468 e. The maximum Gasteiger partial charge on any atom is 0.120 e. The van der Waals surface area contributed by atoms with E-state index in [-0.39, 0.29) is 6.04 Å². The van der Waals surface area contributed by atoms with Crippen LogP contribution < -0.4 is 5.32 Å². The van der Waals surface area contributed by atoms with Crippen molar-refractivity contribution in [2.45, 2.75) is 26.3 Å². The first kappa shape index (κ1) is 10.1. The summed E-state index contributed by atoms with van der Waals surface area (Å²) >= 11 is 0. The third-order valence-electron chi connectivity index (χ3n) is 1.97. The lowest BCUT2D eigenvalue weighted by Gasteiger charge is -2.10. The first-order valence-corrected chi connectivity index (χ1v) is 4.61. The van der Waals surface area contributed by atoms with Crippen molar-refractivity contribution >= 4 is 0 Å². The highest BCUT2D eigenvalue weighted by molar-refractivity contribution is 5.03. The van der Waals surface area contributed by atoms with Crippen molar-refractivity contribution in [3.63, 3.8) is 0 Å². The molecule has 0 amide bonds. The molecule has 0 fully saturated rings. The van der Waals surface area contributed by atoms with E-state index in [0.717, 1.165) is 18.7 Å². The van der Waals surface area contributed by atoms with Crippen LogP contribution in [-0.4, -0.2) is 6.54 Å². The van der Waals surface area contributed by atoms with Gasteiger partial charge in [0.15, 0.2) is 0 Å². The fourth-order valence-corrected chi connectivity index (χ4v) is 1.14. The molecule has 1 heterocycles. The minimum absolute atomic E-state index is 0.286. The SMILES string of the molecule is C=C(C)CCN[C@@H](C)c1ccco1. The lowest BCUT2D eigenvalue weighted by Crippen LogP contribution is -2.19. The van der Waals surface area contributed by atoms with Crippen LogP contribution >= 0.6 is 0 Å². The number of furan rings is 1. The van der Waals surface area contributed by atoms with Crippen LogP contribution in [0, 0.1) is 0 Å². The molecule has 1 atom stereocenters. The Morgan fingerprint density at radius 3 is 3.00 bits per heavy atom. The summed E-state index contributed by atoms with van der Waals surface area (Å²) in [6.45, 7) is 8.94. The van der Waals surface area contributed by atoms with E-state index in [0.29, 0.717) is 0 Å². The average molecular weight is 179 g/mol. The summed E-state index contributed by atoms with van der Waals surface area (Å²) in [5.74, 6) is 0.988. The van der Waals surface area contributed by atoms with Crippen LogP contribution in [-0.2, 0) is 0 Å². The maximum atomic E-state index is 5.27. The van der Waals surface area contributed by atoms with Crippen LogP contribution in [0.5, 0.6) is 0 Å². The van der Waals surface area contributed by atoms with E-state index in [4.69, 9.17) is 4.42 Å². The molecule has 0 spiro atoms. The Hall–Kier alpha value is -1.02. The first-order valence-electron chi connectivity index (χ1n) is 4.61. The van der Waals surface area contributed by atoms with Gasteiger partial charge in [-0.25, -0.2) is 0 Å². The molecule has 1 aromatic rings. The Morgan fingerprint density at radius 1 is 1.69 bits per heavy atom. The van der Waals surface area contributed by atoms with Gasteiger partial charge < -0.3 is 9.73 Å². The molecule has 0 unspecified atom stereocenters. The summed E-state index contributed by atoms with van der Waals surface area (Å²) in [4.78, 5) is 0. The summed E-state index contributed by atoms with van der Waals surface area (Å²) in [7, 11) is 0. The van der Waals surface area contributed by atoms with E-state index >= 15 is 0 Å². The summed E-state index contributed by atoms with van der Waals surface area (Å²) in [5.41, 5.74) is 1.21. The normalized spacial score (nSPS) is 12.8. The Balaban J connectivity index is 2.26. The fourth-order valence-electron chi connectivity index (χ4n) is 1.14. The Kier molecular flexibility index (Phi) is 3.77. The molecule has 0 aliphatic carbocycles. The molecule has 2 nitrogen and oxygen atoms in total. The Labute approximate surface area is 79.6 Å². The van der Waals surface area contributed by atoms with Crippen LogP contribution in [0.25, 0.3) is 0 Å². The van der Waals surface area contributed by atoms with Crippen LogP contribution in [0.15, 0.2) is 35.0 Å². The highest BCUT2D eigenvalue weighted by Crippen LogP contribution is 2.11. The molecule has 0 aliphatic rings. The van der Waals surface area contributed by atoms with Gasteiger partial charge in [-0.1, -0.05) is 5.57 Å². The van der Waals surface area contributed by atoms with Gasteiger partial charge in [0.2, 0.25) is 0 Å². The summed E-state index contributed by atoms with van der Waals surface area (Å²) in [5, 5.41) is 3.36. The number of hydrogen-bond donors (Lipinski definition) is 1. The van der Waals surface area contributed by atoms with Gasteiger partial charge in [0.05, 0.1) is 12.3 Å². The molecular weight excluding hydrogens is 162 g/mol. The highest BCUT2D eigenvalue weighted by atomic mass is 16.3. The molecule has 1 N–H and O–H groups in total. The quantitative estimate of drug-likeness (QED) is 0.703. The number of rotatable bonds is 5. The maximum absolute atomic E-state index is 5.27. The molecule has 0 aliphatic heterocycles. The number of hydrogen-bond acceptors (Lipinski definition) is 2. The van der Waals surface area contributed by atoms with Crippen molar-refractivity contribution < 1.29 is 4.42 Å². The average Bonchev–Trinajstić information content (AvgIpc) is 2.55. The lowest BCUT2D eigenvalue weighted by molar-refractivity contribution is 0.432. The van der Waals surface area contributed by atoms with Crippen molar-refractivity contribution in [1.29, 1.82) is 0 Å². The van der Waals surface area contributed by atoms with Gasteiger partial charge in [-0.3, -0.25) is 0 Å². The second-order valence-electron chi connectivity index (χ2n) is 3.40. The van der Waals surface area contributed by atoms with Crippen molar-refractivity contribution in [3.8, 4) is 0 Å². The predicted molar refractivity (Wildman–Crippen MR) is 54.6 cm³/mol. The second-order valence-corrected chi connectivity index (χ2v) is 3.40. The topological polar surface area (TPSA) is 25.2 Å². The third kappa shape index (κ3) is 3.47. The highest BCUT2D eigenvalue weighted by Gasteiger charge is 2.05. The minimum atomic E-state index is 0.286. The van der Waals surface area contributed by atoms with Crippen molar-refractivity contribution in [2.24, 2.45) is 0 Å². The van der Waals surface area contributed by atoms with Crippen LogP contribution in [0.4, 0.5) is 0 Å². The monoisotopic (exact) mass is 179 g/mol. The zero-order chi connectivity index (χ0) is 9.68. The molecule has 1 aromatic heterocycles. The molecule has 0 saturated heterocycles. The zero-order valence-corrected chi connectivity index (χ0v) is 8.34. The summed E-state index contributed by atoms with van der Waals surface area (Å²) < 4.78 is 5.27. The van der Waals surface area contributed by atoms with E-state index < -0.39 is 0 Å². The molecule has 0 bridgehead atoms. The molecular formula is C11H17NO. The zero-order valence-electron chi connectivity index (χ0n) is 8.34. The van der Waals surface area contributed by atoms with Crippen molar-refractivity contribution in [1.82, 2.24) is 5.32 Å². The first-order chi connectivity index (χ1) is 6.20. The van der Waals surface area contributed by atoms with Crippen LogP contribution in [0.1, 0.15) is 32.1 Å². The van der Waals surface area contributed by atoms with Gasteiger partial charge >= 0.3 is 0 Å². The molecule has 2 heteroatoms. The van der Waals surface area contributed by atoms with Gasteiger partial charge in [0, 0.05) is 0 Å². The van der Waals surface area contributed by atoms with E-state index in [1.165, 1.54) is 5.57 Å². The molecule has 0 aromatic carbocycles. The summed E-state index contributed by atoms with van der Waals surface area (Å²) in [6.07, 6.45) is 2.72. The molecule has 0 radical (unpaired) electrons. The Bertz CT molecular complexity index is 251. The van der Waals surface area contributed by atoms with Gasteiger partial charge in [0.25, 0.3) is 0 Å². The lowest BCUT2D eigenvalue weighted by atomic mass is 10.2. The molecule has 13 heavy (non-hydrogen) atoms. The van der Waals surface area contributed by atoms with E-state index in [1.807, 2.05) is 19.1 Å². The van der Waals surface area contributed by atoms with E-state index in [1.54, 1.807) is 6.26 Å². The largest absolute Gasteiger partial charge is 0.468 e. The molecule has 72 valence electrons. The van der Waals surface area contributed by atoms with E-state index in [2.05, 4.69) is 18.8 Å². The predicted octanol–water partition coefficient (Wildman–Crippen LogP) is 2.90. The number of nitrogens with one attached hydrogen (secondary N) is 1. The smallest absolute Gasteiger partial charge is 0.120 e. The molecule has 0 saturated carbocycles. The standard InChI is InChI=1S/C11H17NO/c1-9(2)6-7-12-10(3)11-5-4-8-13-11/h4-5,8,10,12H,1,6-7H2,2-3H3/t10-/m0/s1. The Morgan fingerprint density at radius 2 is 2.46 bits per heavy atom. The van der Waals surface area contributed by atoms with Crippen molar-refractivity contribution in [2.75, 3.05) is 6.54 Å². The summed E-state index contributed by atoms with van der Waals surface area (Å²) in [6, 6.07) is 4.18. The van der Waals surface area contributed by atoms with Gasteiger partial charge in [-0.05, 0) is 38.9 Å². The van der Waals surface area contributed by atoms with Crippen LogP contribution in [0.3, 0.4) is 0 Å².